The Kier molecular flexibility index (Phi) is 4.48. The predicted octanol–water partition coefficient (Wildman–Crippen LogP) is 3.75. The summed E-state index contributed by atoms with van der Waals surface area (Å²) in [6.45, 7) is 3.19. The first kappa shape index (κ1) is 16.4. The molecule has 0 bridgehead atoms. The molecule has 3 aromatic rings. The lowest BCUT2D eigenvalue weighted by atomic mass is 10.1. The van der Waals surface area contributed by atoms with E-state index in [2.05, 4.69) is 21.8 Å². The summed E-state index contributed by atoms with van der Waals surface area (Å²) in [5, 5.41) is 2.96. The number of imidazole rings is 1. The summed E-state index contributed by atoms with van der Waals surface area (Å²) in [6, 6.07) is 13.7. The van der Waals surface area contributed by atoms with Crippen LogP contribution in [0.4, 0.5) is 5.95 Å². The number of hydrogen-bond acceptors (Lipinski definition) is 4. The van der Waals surface area contributed by atoms with Gasteiger partial charge in [0.2, 0.25) is 18.6 Å². The largest absolute Gasteiger partial charge is 0.454 e. The zero-order chi connectivity index (χ0) is 17.9. The van der Waals surface area contributed by atoms with Crippen molar-refractivity contribution in [1.82, 2.24) is 9.55 Å². The monoisotopic (exact) mass is 351 g/mol. The molecule has 0 radical (unpaired) electrons. The van der Waals surface area contributed by atoms with E-state index in [1.165, 1.54) is 0 Å². The molecule has 26 heavy (non-hydrogen) atoms. The van der Waals surface area contributed by atoms with Crippen LogP contribution in [0.5, 0.6) is 11.5 Å². The summed E-state index contributed by atoms with van der Waals surface area (Å²) >= 11 is 0. The first-order chi connectivity index (χ1) is 12.7. The molecule has 0 spiro atoms. The van der Waals surface area contributed by atoms with Gasteiger partial charge in [0.1, 0.15) is 0 Å². The lowest BCUT2D eigenvalue weighted by Crippen LogP contribution is -2.16. The molecule has 0 atom stereocenters. The lowest BCUT2D eigenvalue weighted by molar-refractivity contribution is -0.116. The Bertz CT molecular complexity index is 949. The van der Waals surface area contributed by atoms with Gasteiger partial charge in [-0.1, -0.05) is 25.1 Å². The minimum absolute atomic E-state index is 0.0460. The van der Waals surface area contributed by atoms with Crippen LogP contribution in [0.25, 0.3) is 11.0 Å². The number of fused-ring (bicyclic) bond motifs is 2. The van der Waals surface area contributed by atoms with Gasteiger partial charge in [0.05, 0.1) is 11.0 Å². The van der Waals surface area contributed by atoms with Crippen LogP contribution in [0.3, 0.4) is 0 Å². The predicted molar refractivity (Wildman–Crippen MR) is 99.5 cm³/mol. The molecule has 2 heterocycles. The minimum atomic E-state index is -0.0460. The third-order valence-corrected chi connectivity index (χ3v) is 4.43. The van der Waals surface area contributed by atoms with E-state index in [0.29, 0.717) is 18.8 Å². The van der Waals surface area contributed by atoms with Crippen molar-refractivity contribution < 1.29 is 14.3 Å². The van der Waals surface area contributed by atoms with E-state index in [-0.39, 0.29) is 12.7 Å². The van der Waals surface area contributed by atoms with E-state index in [4.69, 9.17) is 9.47 Å². The molecule has 6 nitrogen and oxygen atoms in total. The van der Waals surface area contributed by atoms with E-state index in [1.54, 1.807) is 0 Å². The maximum atomic E-state index is 12.4. The SMILES string of the molecule is CCCn1c(NC(=O)CCc2ccc3c(c2)OCO3)nc2ccccc21. The van der Waals surface area contributed by atoms with Crippen LogP contribution in [0.2, 0.25) is 0 Å². The Balaban J connectivity index is 1.45. The number of rotatable bonds is 6. The van der Waals surface area contributed by atoms with Gasteiger partial charge >= 0.3 is 0 Å². The van der Waals surface area contributed by atoms with Crippen LogP contribution >= 0.6 is 0 Å². The van der Waals surface area contributed by atoms with E-state index < -0.39 is 0 Å². The number of nitrogens with zero attached hydrogens (tertiary/aromatic N) is 2. The summed E-state index contributed by atoms with van der Waals surface area (Å²) in [4.78, 5) is 17.0. The third-order valence-electron chi connectivity index (χ3n) is 4.43. The number of benzene rings is 2. The van der Waals surface area contributed by atoms with Crippen LogP contribution in [0.1, 0.15) is 25.3 Å². The van der Waals surface area contributed by atoms with E-state index in [0.717, 1.165) is 41.1 Å². The van der Waals surface area contributed by atoms with Crippen molar-refractivity contribution in [2.75, 3.05) is 12.1 Å². The number of para-hydroxylation sites is 2. The molecule has 1 N–H and O–H groups in total. The van der Waals surface area contributed by atoms with E-state index >= 15 is 0 Å². The summed E-state index contributed by atoms with van der Waals surface area (Å²) in [7, 11) is 0. The molecule has 0 unspecified atom stereocenters. The summed E-state index contributed by atoms with van der Waals surface area (Å²) in [5.74, 6) is 2.07. The van der Waals surface area contributed by atoms with Crippen LogP contribution in [-0.2, 0) is 17.8 Å². The molecule has 1 aliphatic heterocycles. The van der Waals surface area contributed by atoms with Crippen molar-refractivity contribution in [2.45, 2.75) is 32.7 Å². The summed E-state index contributed by atoms with van der Waals surface area (Å²) in [5.41, 5.74) is 2.99. The van der Waals surface area contributed by atoms with Crippen molar-refractivity contribution in [1.29, 1.82) is 0 Å². The van der Waals surface area contributed by atoms with Gasteiger partial charge in [0.25, 0.3) is 0 Å². The van der Waals surface area contributed by atoms with E-state index in [9.17, 15) is 4.79 Å². The van der Waals surface area contributed by atoms with Crippen molar-refractivity contribution >= 4 is 22.9 Å². The highest BCUT2D eigenvalue weighted by Gasteiger charge is 2.15. The average Bonchev–Trinajstić information content (AvgIpc) is 3.25. The first-order valence-electron chi connectivity index (χ1n) is 8.88. The number of ether oxygens (including phenoxy) is 2. The Morgan fingerprint density at radius 2 is 2.04 bits per heavy atom. The quantitative estimate of drug-likeness (QED) is 0.735. The molecule has 0 aliphatic carbocycles. The second-order valence-electron chi connectivity index (χ2n) is 6.31. The van der Waals surface area contributed by atoms with Gasteiger partial charge < -0.3 is 14.0 Å². The van der Waals surface area contributed by atoms with Gasteiger partial charge in [0.15, 0.2) is 11.5 Å². The Morgan fingerprint density at radius 1 is 1.19 bits per heavy atom. The summed E-state index contributed by atoms with van der Waals surface area (Å²) < 4.78 is 12.8. The van der Waals surface area contributed by atoms with Crippen LogP contribution < -0.4 is 14.8 Å². The van der Waals surface area contributed by atoms with Gasteiger partial charge in [-0.3, -0.25) is 10.1 Å². The molecule has 1 aliphatic rings. The van der Waals surface area contributed by atoms with Crippen LogP contribution in [0, 0.1) is 0 Å². The average molecular weight is 351 g/mol. The Morgan fingerprint density at radius 3 is 2.92 bits per heavy atom. The number of carbonyl (C=O) groups excluding carboxylic acids is 1. The van der Waals surface area contributed by atoms with Crippen molar-refractivity contribution in [3.63, 3.8) is 0 Å². The van der Waals surface area contributed by atoms with Crippen LogP contribution in [0.15, 0.2) is 42.5 Å². The summed E-state index contributed by atoms with van der Waals surface area (Å²) in [6.07, 6.45) is 1.99. The maximum absolute atomic E-state index is 12.4. The number of aryl methyl sites for hydroxylation is 2. The van der Waals surface area contributed by atoms with Gasteiger partial charge in [-0.15, -0.1) is 0 Å². The Hall–Kier alpha value is -3.02. The molecule has 1 amide bonds. The van der Waals surface area contributed by atoms with Crippen molar-refractivity contribution in [3.8, 4) is 11.5 Å². The number of amides is 1. The second kappa shape index (κ2) is 7.07. The molecule has 134 valence electrons. The number of anilines is 1. The molecule has 1 aromatic heterocycles. The fraction of sp³-hybridized carbons (Fsp3) is 0.300. The van der Waals surface area contributed by atoms with Crippen LogP contribution in [-0.4, -0.2) is 22.3 Å². The molecule has 6 heteroatoms. The highest BCUT2D eigenvalue weighted by Crippen LogP contribution is 2.32. The van der Waals surface area contributed by atoms with Gasteiger partial charge in [-0.25, -0.2) is 4.98 Å². The van der Waals surface area contributed by atoms with Gasteiger partial charge in [-0.05, 0) is 42.7 Å². The zero-order valence-electron chi connectivity index (χ0n) is 14.7. The molecule has 4 rings (SSSR count). The number of hydrogen-bond donors (Lipinski definition) is 1. The molecule has 0 saturated carbocycles. The highest BCUT2D eigenvalue weighted by atomic mass is 16.7. The number of aromatic nitrogens is 2. The van der Waals surface area contributed by atoms with Gasteiger partial charge in [0, 0.05) is 13.0 Å². The van der Waals surface area contributed by atoms with Gasteiger partial charge in [-0.2, -0.15) is 0 Å². The Labute approximate surface area is 151 Å². The topological polar surface area (TPSA) is 65.4 Å². The van der Waals surface area contributed by atoms with E-state index in [1.807, 2.05) is 42.5 Å². The first-order valence-corrected chi connectivity index (χ1v) is 8.88. The fourth-order valence-corrected chi connectivity index (χ4v) is 3.16. The molecule has 0 fully saturated rings. The lowest BCUT2D eigenvalue weighted by Gasteiger charge is -2.09. The second-order valence-corrected chi connectivity index (χ2v) is 6.31. The van der Waals surface area contributed by atoms with Crippen molar-refractivity contribution in [2.24, 2.45) is 0 Å². The minimum Gasteiger partial charge on any atom is -0.454 e. The smallest absolute Gasteiger partial charge is 0.231 e. The third kappa shape index (κ3) is 3.22. The number of carbonyl (C=O) groups is 1. The molecular formula is C20H21N3O3. The highest BCUT2D eigenvalue weighted by molar-refractivity contribution is 5.91. The molecular weight excluding hydrogens is 330 g/mol. The molecule has 2 aromatic carbocycles. The van der Waals surface area contributed by atoms with Crippen molar-refractivity contribution in [3.05, 3.63) is 48.0 Å². The number of nitrogens with one attached hydrogen (secondary N) is 1. The normalized spacial score (nSPS) is 12.5. The fourth-order valence-electron chi connectivity index (χ4n) is 3.16. The maximum Gasteiger partial charge on any atom is 0.231 e. The molecule has 0 saturated heterocycles. The standard InChI is InChI=1S/C20H21N3O3/c1-2-11-23-16-6-4-3-5-15(16)21-20(23)22-19(24)10-8-14-7-9-17-18(12-14)26-13-25-17/h3-7,9,12H,2,8,10-11,13H2,1H3,(H,21,22,24). The zero-order valence-corrected chi connectivity index (χ0v) is 14.7.